The summed E-state index contributed by atoms with van der Waals surface area (Å²) in [5.74, 6) is 8.80. The van der Waals surface area contributed by atoms with Crippen molar-refractivity contribution in [1.29, 1.82) is 0 Å². The third-order valence-corrected chi connectivity index (χ3v) is 8.08. The lowest BCUT2D eigenvalue weighted by atomic mass is 9.91. The van der Waals surface area contributed by atoms with Crippen molar-refractivity contribution >= 4 is 35.3 Å². The fourth-order valence-electron chi connectivity index (χ4n) is 4.06. The third kappa shape index (κ3) is 6.38. The molecule has 1 saturated heterocycles. The van der Waals surface area contributed by atoms with E-state index < -0.39 is 5.54 Å². The predicted octanol–water partition coefficient (Wildman–Crippen LogP) is 2.05. The van der Waals surface area contributed by atoms with Gasteiger partial charge in [0.25, 0.3) is 5.91 Å². The maximum Gasteiger partial charge on any atom is 0.260 e. The molecule has 0 unspecified atom stereocenters. The molecular formula is C21H32N4O2S2. The zero-order chi connectivity index (χ0) is 20.5. The summed E-state index contributed by atoms with van der Waals surface area (Å²) in [6.45, 7) is 0. The van der Waals surface area contributed by atoms with Crippen molar-refractivity contribution in [2.24, 2.45) is 11.8 Å². The largest absolute Gasteiger partial charge is 0.339 e. The van der Waals surface area contributed by atoms with Crippen LogP contribution >= 0.6 is 23.5 Å². The number of carbonyl (C=O) groups excluding carboxylic acids is 2. The molecule has 1 aliphatic carbocycles. The number of nitrogens with one attached hydrogen (secondary N) is 3. The second-order valence-electron chi connectivity index (χ2n) is 8.00. The maximum atomic E-state index is 13.0. The van der Waals surface area contributed by atoms with Gasteiger partial charge in [-0.1, -0.05) is 49.6 Å². The van der Waals surface area contributed by atoms with Crippen LogP contribution in [-0.4, -0.2) is 46.5 Å². The van der Waals surface area contributed by atoms with Gasteiger partial charge in [0.15, 0.2) is 0 Å². The summed E-state index contributed by atoms with van der Waals surface area (Å²) in [5.41, 5.74) is 2.25. The molecule has 0 radical (unpaired) electrons. The molecule has 2 fully saturated rings. The minimum absolute atomic E-state index is 0.132. The lowest BCUT2D eigenvalue weighted by Crippen LogP contribution is -2.65. The monoisotopic (exact) mass is 436 g/mol. The fraction of sp³-hybridized carbons (Fsp3) is 0.619. The van der Waals surface area contributed by atoms with Crippen molar-refractivity contribution < 1.29 is 9.59 Å². The van der Waals surface area contributed by atoms with E-state index in [1.54, 1.807) is 23.5 Å². The molecule has 1 aromatic rings. The first-order valence-electron chi connectivity index (χ1n) is 10.4. The summed E-state index contributed by atoms with van der Waals surface area (Å²) in [6.07, 6.45) is 6.86. The molecule has 3 rings (SSSR count). The Kier molecular flexibility index (Phi) is 8.71. The minimum Gasteiger partial charge on any atom is -0.339 e. The third-order valence-electron chi connectivity index (χ3n) is 5.74. The van der Waals surface area contributed by atoms with Gasteiger partial charge >= 0.3 is 0 Å². The van der Waals surface area contributed by atoms with E-state index in [1.807, 2.05) is 30.3 Å². The van der Waals surface area contributed by atoms with Gasteiger partial charge in [-0.2, -0.15) is 11.8 Å². The Morgan fingerprint density at radius 3 is 2.62 bits per heavy atom. The second-order valence-corrected chi connectivity index (χ2v) is 10.1. The first-order chi connectivity index (χ1) is 14.1. The van der Waals surface area contributed by atoms with Gasteiger partial charge in [0.1, 0.15) is 5.54 Å². The van der Waals surface area contributed by atoms with Crippen LogP contribution in [0, 0.1) is 5.92 Å². The molecule has 6 nitrogen and oxygen atoms in total. The highest BCUT2D eigenvalue weighted by molar-refractivity contribution is 7.99. The van der Waals surface area contributed by atoms with Gasteiger partial charge in [0, 0.05) is 23.8 Å². The van der Waals surface area contributed by atoms with E-state index in [2.05, 4.69) is 16.1 Å². The van der Waals surface area contributed by atoms with Crippen LogP contribution in [0.4, 0.5) is 0 Å². The molecule has 0 bridgehead atoms. The van der Waals surface area contributed by atoms with Gasteiger partial charge in [0.2, 0.25) is 5.91 Å². The standard InChI is InChI=1S/C21H32N4O2S2/c22-25-20(27)21(11-16-7-3-1-4-8-16,24-19(26)18-13-29-15-23-18)14-28-12-17-9-5-2-6-10-17/h1,3-4,7-8,17-18,23H,2,5-6,9-15,22H2,(H,24,26)(H,25,27)/t18-,21-/m0/s1. The van der Waals surface area contributed by atoms with Gasteiger partial charge < -0.3 is 5.32 Å². The molecule has 2 atom stereocenters. The Labute approximate surface area is 181 Å². The van der Waals surface area contributed by atoms with Crippen molar-refractivity contribution in [2.75, 3.05) is 23.1 Å². The van der Waals surface area contributed by atoms with Gasteiger partial charge in [-0.25, -0.2) is 5.84 Å². The number of hydrazine groups is 1. The molecule has 1 aliphatic heterocycles. The van der Waals surface area contributed by atoms with Crippen molar-refractivity contribution in [3.8, 4) is 0 Å². The summed E-state index contributed by atoms with van der Waals surface area (Å²) in [6, 6.07) is 9.55. The van der Waals surface area contributed by atoms with E-state index in [0.717, 1.165) is 17.2 Å². The predicted molar refractivity (Wildman–Crippen MR) is 121 cm³/mol. The number of benzene rings is 1. The fourth-order valence-corrected chi connectivity index (χ4v) is 6.44. The van der Waals surface area contributed by atoms with Gasteiger partial charge in [-0.05, 0) is 30.1 Å². The lowest BCUT2D eigenvalue weighted by molar-refractivity contribution is -0.133. The van der Waals surface area contributed by atoms with E-state index in [0.29, 0.717) is 23.8 Å². The van der Waals surface area contributed by atoms with E-state index in [-0.39, 0.29) is 17.9 Å². The molecule has 160 valence electrons. The summed E-state index contributed by atoms with van der Waals surface area (Å²) in [5, 5.41) is 6.27. The van der Waals surface area contributed by atoms with Crippen LogP contribution in [0.25, 0.3) is 0 Å². The van der Waals surface area contributed by atoms with Crippen LogP contribution in [0.1, 0.15) is 37.7 Å². The highest BCUT2D eigenvalue weighted by Gasteiger charge is 2.41. The van der Waals surface area contributed by atoms with Crippen LogP contribution in [0.15, 0.2) is 30.3 Å². The number of carbonyl (C=O) groups is 2. The number of hydrogen-bond acceptors (Lipinski definition) is 6. The topological polar surface area (TPSA) is 96.2 Å². The molecule has 1 heterocycles. The van der Waals surface area contributed by atoms with E-state index in [4.69, 9.17) is 5.84 Å². The quantitative estimate of drug-likeness (QED) is 0.269. The van der Waals surface area contributed by atoms with Crippen molar-refractivity contribution in [3.05, 3.63) is 35.9 Å². The normalized spacial score (nSPS) is 22.0. The molecule has 2 amide bonds. The van der Waals surface area contributed by atoms with Crippen molar-refractivity contribution in [2.45, 2.75) is 50.1 Å². The van der Waals surface area contributed by atoms with Crippen LogP contribution in [0.3, 0.4) is 0 Å². The van der Waals surface area contributed by atoms with Crippen LogP contribution in [0.2, 0.25) is 0 Å². The highest BCUT2D eigenvalue weighted by atomic mass is 32.2. The number of hydrogen-bond donors (Lipinski definition) is 4. The number of amides is 2. The van der Waals surface area contributed by atoms with E-state index in [9.17, 15) is 9.59 Å². The molecule has 2 aliphatic rings. The second kappa shape index (κ2) is 11.2. The summed E-state index contributed by atoms with van der Waals surface area (Å²) in [7, 11) is 0. The Hall–Kier alpha value is -1.22. The first-order valence-corrected chi connectivity index (χ1v) is 12.7. The Morgan fingerprint density at radius 1 is 1.21 bits per heavy atom. The number of rotatable bonds is 9. The number of nitrogens with two attached hydrogens (primary N) is 1. The van der Waals surface area contributed by atoms with Crippen LogP contribution < -0.4 is 21.9 Å². The van der Waals surface area contributed by atoms with E-state index >= 15 is 0 Å². The molecule has 1 saturated carbocycles. The zero-order valence-corrected chi connectivity index (χ0v) is 18.5. The maximum absolute atomic E-state index is 13.0. The first kappa shape index (κ1) is 22.5. The molecule has 29 heavy (non-hydrogen) atoms. The van der Waals surface area contributed by atoms with Crippen LogP contribution in [-0.2, 0) is 16.0 Å². The Morgan fingerprint density at radius 2 is 1.97 bits per heavy atom. The van der Waals surface area contributed by atoms with Gasteiger partial charge in [-0.15, -0.1) is 11.8 Å². The molecule has 1 aromatic carbocycles. The molecular weight excluding hydrogens is 404 g/mol. The van der Waals surface area contributed by atoms with Crippen LogP contribution in [0.5, 0.6) is 0 Å². The Balaban J connectivity index is 1.75. The summed E-state index contributed by atoms with van der Waals surface area (Å²) in [4.78, 5) is 25.9. The molecule has 8 heteroatoms. The zero-order valence-electron chi connectivity index (χ0n) is 16.8. The lowest BCUT2D eigenvalue weighted by Gasteiger charge is -2.34. The summed E-state index contributed by atoms with van der Waals surface area (Å²) >= 11 is 3.45. The Bertz CT molecular complexity index is 664. The van der Waals surface area contributed by atoms with Gasteiger partial charge in [-0.3, -0.25) is 20.3 Å². The van der Waals surface area contributed by atoms with E-state index in [1.165, 1.54) is 32.1 Å². The highest BCUT2D eigenvalue weighted by Crippen LogP contribution is 2.29. The van der Waals surface area contributed by atoms with Gasteiger partial charge in [0.05, 0.1) is 6.04 Å². The number of thioether (sulfide) groups is 2. The minimum atomic E-state index is -1.07. The van der Waals surface area contributed by atoms with Crippen molar-refractivity contribution in [1.82, 2.24) is 16.1 Å². The van der Waals surface area contributed by atoms with Crippen molar-refractivity contribution in [3.63, 3.8) is 0 Å². The average Bonchev–Trinajstić information content (AvgIpc) is 3.29. The molecule has 0 aromatic heterocycles. The average molecular weight is 437 g/mol. The molecule has 5 N–H and O–H groups in total. The molecule has 0 spiro atoms. The SMILES string of the molecule is NNC(=O)[C@@](CSCC1CCCCC1)(Cc1ccccc1)NC(=O)[C@@H]1CSCN1. The summed E-state index contributed by atoms with van der Waals surface area (Å²) < 4.78 is 0. The smallest absolute Gasteiger partial charge is 0.260 e.